The van der Waals surface area contributed by atoms with E-state index in [0.717, 1.165) is 5.95 Å². The van der Waals surface area contributed by atoms with Crippen LogP contribution in [0.4, 0.5) is 5.95 Å². The molecule has 0 radical (unpaired) electrons. The Labute approximate surface area is 88.7 Å². The zero-order chi connectivity index (χ0) is 10.6. The summed E-state index contributed by atoms with van der Waals surface area (Å²) in [7, 11) is 1.92. The van der Waals surface area contributed by atoms with Crippen LogP contribution in [-0.4, -0.2) is 38.8 Å². The smallest absolute Gasteiger partial charge is 0.202 e. The van der Waals surface area contributed by atoms with Gasteiger partial charge in [0.05, 0.1) is 5.60 Å². The summed E-state index contributed by atoms with van der Waals surface area (Å²) >= 11 is 1.63. The number of nitrogens with zero attached hydrogens (tertiary/aromatic N) is 2. The fourth-order valence-corrected chi connectivity index (χ4v) is 1.89. The summed E-state index contributed by atoms with van der Waals surface area (Å²) in [6.45, 7) is 2.33. The van der Waals surface area contributed by atoms with Crippen LogP contribution in [0.1, 0.15) is 6.92 Å². The highest BCUT2D eigenvalue weighted by Gasteiger charge is 2.19. The van der Waals surface area contributed by atoms with E-state index in [1.54, 1.807) is 18.0 Å². The number of hydrogen-bond acceptors (Lipinski definition) is 4. The molecular weight excluding hydrogens is 198 g/mol. The zero-order valence-electron chi connectivity index (χ0n) is 8.82. The molecule has 0 aromatic carbocycles. The van der Waals surface area contributed by atoms with Gasteiger partial charge < -0.3 is 15.0 Å². The number of imidazole rings is 1. The Morgan fingerprint density at radius 1 is 1.71 bits per heavy atom. The molecule has 0 saturated carbocycles. The molecule has 1 rings (SSSR count). The molecule has 4 nitrogen and oxygen atoms in total. The Bertz CT molecular complexity index is 285. The number of hydrogen-bond donors (Lipinski definition) is 2. The lowest BCUT2D eigenvalue weighted by Crippen LogP contribution is -2.36. The Morgan fingerprint density at radius 2 is 2.43 bits per heavy atom. The number of anilines is 1. The van der Waals surface area contributed by atoms with Gasteiger partial charge in [0.2, 0.25) is 5.95 Å². The first-order valence-electron chi connectivity index (χ1n) is 4.48. The number of rotatable bonds is 5. The number of aryl methyl sites for hydroxylation is 1. The van der Waals surface area contributed by atoms with Gasteiger partial charge in [0.1, 0.15) is 0 Å². The highest BCUT2D eigenvalue weighted by Crippen LogP contribution is 2.11. The van der Waals surface area contributed by atoms with Crippen molar-refractivity contribution in [2.75, 3.05) is 23.9 Å². The third-order valence-corrected chi connectivity index (χ3v) is 2.81. The van der Waals surface area contributed by atoms with E-state index in [9.17, 15) is 5.11 Å². The molecule has 1 atom stereocenters. The summed E-state index contributed by atoms with van der Waals surface area (Å²) in [6, 6.07) is 0. The highest BCUT2D eigenvalue weighted by atomic mass is 32.2. The lowest BCUT2D eigenvalue weighted by Gasteiger charge is -2.22. The molecule has 0 spiro atoms. The minimum Gasteiger partial charge on any atom is -0.387 e. The van der Waals surface area contributed by atoms with Crippen LogP contribution in [-0.2, 0) is 7.05 Å². The summed E-state index contributed by atoms with van der Waals surface area (Å²) in [5.41, 5.74) is -0.689. The predicted molar refractivity (Wildman–Crippen MR) is 60.7 cm³/mol. The van der Waals surface area contributed by atoms with Crippen LogP contribution in [0.15, 0.2) is 12.4 Å². The topological polar surface area (TPSA) is 50.1 Å². The van der Waals surface area contributed by atoms with Crippen molar-refractivity contribution in [3.05, 3.63) is 12.4 Å². The second-order valence-corrected chi connectivity index (χ2v) is 4.51. The third kappa shape index (κ3) is 3.23. The second kappa shape index (κ2) is 4.70. The van der Waals surface area contributed by atoms with Crippen LogP contribution in [0.3, 0.4) is 0 Å². The van der Waals surface area contributed by atoms with Gasteiger partial charge in [-0.25, -0.2) is 4.98 Å². The normalized spacial score (nSPS) is 15.1. The molecule has 0 bridgehead atoms. The lowest BCUT2D eigenvalue weighted by molar-refractivity contribution is 0.0995. The highest BCUT2D eigenvalue weighted by molar-refractivity contribution is 7.98. The molecule has 0 amide bonds. The van der Waals surface area contributed by atoms with Crippen molar-refractivity contribution in [2.24, 2.45) is 7.05 Å². The summed E-state index contributed by atoms with van der Waals surface area (Å²) < 4.78 is 1.88. The van der Waals surface area contributed by atoms with Crippen molar-refractivity contribution < 1.29 is 5.11 Å². The molecule has 14 heavy (non-hydrogen) atoms. The molecule has 0 aliphatic heterocycles. The van der Waals surface area contributed by atoms with Crippen molar-refractivity contribution in [3.8, 4) is 0 Å². The van der Waals surface area contributed by atoms with Gasteiger partial charge >= 0.3 is 0 Å². The monoisotopic (exact) mass is 215 g/mol. The van der Waals surface area contributed by atoms with Crippen LogP contribution < -0.4 is 5.32 Å². The molecule has 1 unspecified atom stereocenters. The van der Waals surface area contributed by atoms with Gasteiger partial charge in [-0.2, -0.15) is 11.8 Å². The fraction of sp³-hybridized carbons (Fsp3) is 0.667. The summed E-state index contributed by atoms with van der Waals surface area (Å²) in [5, 5.41) is 13.0. The number of thioether (sulfide) groups is 1. The Kier molecular flexibility index (Phi) is 3.83. The van der Waals surface area contributed by atoms with Gasteiger partial charge in [0.15, 0.2) is 0 Å². The van der Waals surface area contributed by atoms with E-state index >= 15 is 0 Å². The Morgan fingerprint density at radius 3 is 2.93 bits per heavy atom. The van der Waals surface area contributed by atoms with E-state index in [-0.39, 0.29) is 0 Å². The zero-order valence-corrected chi connectivity index (χ0v) is 9.64. The molecule has 2 N–H and O–H groups in total. The molecule has 0 fully saturated rings. The van der Waals surface area contributed by atoms with Gasteiger partial charge in [0.25, 0.3) is 0 Å². The molecule has 80 valence electrons. The van der Waals surface area contributed by atoms with Gasteiger partial charge in [-0.05, 0) is 13.2 Å². The quantitative estimate of drug-likeness (QED) is 0.767. The molecular formula is C9H17N3OS. The first-order chi connectivity index (χ1) is 6.55. The Hall–Kier alpha value is -0.680. The first-order valence-corrected chi connectivity index (χ1v) is 5.87. The molecule has 0 saturated heterocycles. The predicted octanol–water partition coefficient (Wildman–Crippen LogP) is 0.946. The van der Waals surface area contributed by atoms with E-state index in [1.807, 2.05) is 31.0 Å². The molecule has 0 aliphatic carbocycles. The number of nitrogens with one attached hydrogen (secondary N) is 1. The molecule has 1 aromatic rings. The van der Waals surface area contributed by atoms with E-state index in [4.69, 9.17) is 0 Å². The van der Waals surface area contributed by atoms with Crippen LogP contribution in [0.5, 0.6) is 0 Å². The maximum Gasteiger partial charge on any atom is 0.202 e. The van der Waals surface area contributed by atoms with Gasteiger partial charge in [-0.15, -0.1) is 0 Å². The van der Waals surface area contributed by atoms with E-state index < -0.39 is 5.60 Å². The van der Waals surface area contributed by atoms with Gasteiger partial charge in [-0.3, -0.25) is 0 Å². The summed E-state index contributed by atoms with van der Waals surface area (Å²) in [4.78, 5) is 4.11. The minimum atomic E-state index is -0.689. The molecule has 0 aliphatic rings. The van der Waals surface area contributed by atoms with E-state index in [0.29, 0.717) is 12.3 Å². The first kappa shape index (κ1) is 11.4. The van der Waals surface area contributed by atoms with Crippen molar-refractivity contribution in [3.63, 3.8) is 0 Å². The summed E-state index contributed by atoms with van der Waals surface area (Å²) in [5.74, 6) is 1.50. The van der Waals surface area contributed by atoms with Gasteiger partial charge in [-0.1, -0.05) is 0 Å². The molecule has 1 heterocycles. The van der Waals surface area contributed by atoms with Crippen molar-refractivity contribution >= 4 is 17.7 Å². The SMILES string of the molecule is CSCC(C)(O)CNc1nccn1C. The molecule has 1 aromatic heterocycles. The number of aromatic nitrogens is 2. The molecule has 5 heteroatoms. The maximum absolute atomic E-state index is 9.88. The van der Waals surface area contributed by atoms with Gasteiger partial charge in [0, 0.05) is 31.7 Å². The van der Waals surface area contributed by atoms with Crippen LogP contribution in [0.2, 0.25) is 0 Å². The fourth-order valence-electron chi connectivity index (χ4n) is 1.17. The maximum atomic E-state index is 9.88. The van der Waals surface area contributed by atoms with Crippen LogP contribution in [0.25, 0.3) is 0 Å². The number of aliphatic hydroxyl groups is 1. The van der Waals surface area contributed by atoms with Crippen LogP contribution in [0, 0.1) is 0 Å². The minimum absolute atomic E-state index is 0.513. The van der Waals surface area contributed by atoms with Crippen LogP contribution >= 0.6 is 11.8 Å². The van der Waals surface area contributed by atoms with E-state index in [1.165, 1.54) is 0 Å². The third-order valence-electron chi connectivity index (χ3n) is 1.90. The average molecular weight is 215 g/mol. The largest absolute Gasteiger partial charge is 0.387 e. The van der Waals surface area contributed by atoms with Crippen molar-refractivity contribution in [1.29, 1.82) is 0 Å². The average Bonchev–Trinajstić information content (AvgIpc) is 2.48. The van der Waals surface area contributed by atoms with Crippen molar-refractivity contribution in [1.82, 2.24) is 9.55 Å². The van der Waals surface area contributed by atoms with E-state index in [2.05, 4.69) is 10.3 Å². The van der Waals surface area contributed by atoms with Crippen molar-refractivity contribution in [2.45, 2.75) is 12.5 Å². The Balaban J connectivity index is 2.44. The second-order valence-electron chi connectivity index (χ2n) is 3.65. The standard InChI is InChI=1S/C9H17N3OS/c1-9(13,7-14-3)6-11-8-10-4-5-12(8)2/h4-5,13H,6-7H2,1-3H3,(H,10,11). The lowest BCUT2D eigenvalue weighted by atomic mass is 10.1. The summed E-state index contributed by atoms with van der Waals surface area (Å²) in [6.07, 6.45) is 5.58.